The van der Waals surface area contributed by atoms with Crippen molar-refractivity contribution in [3.05, 3.63) is 57.3 Å². The standard InChI is InChI=1S/C18H25N3OS.HI/c1-4-22-13-16-8-6-15(7-9-16)11-20-18(19-3)21-12-17-10-5-14(2)23-17;/h5-10H,4,11-13H2,1-3H3,(H2,19,20,21);1H. The second kappa shape index (κ2) is 11.4. The zero-order valence-corrected chi connectivity index (χ0v) is 17.6. The molecule has 0 amide bonds. The molecule has 6 heteroatoms. The molecule has 132 valence electrons. The van der Waals surface area contributed by atoms with Crippen molar-refractivity contribution in [2.75, 3.05) is 13.7 Å². The average molecular weight is 459 g/mol. The Labute approximate surface area is 165 Å². The molecule has 4 nitrogen and oxygen atoms in total. The Hall–Kier alpha value is -1.12. The number of aliphatic imine (C=N–C) groups is 1. The first-order valence-electron chi connectivity index (χ1n) is 7.86. The second-order valence-corrected chi connectivity index (χ2v) is 6.62. The summed E-state index contributed by atoms with van der Waals surface area (Å²) in [6, 6.07) is 12.8. The Morgan fingerprint density at radius 1 is 1.04 bits per heavy atom. The van der Waals surface area contributed by atoms with Crippen LogP contribution in [-0.2, 0) is 24.4 Å². The van der Waals surface area contributed by atoms with E-state index in [2.05, 4.69) is 58.9 Å². The summed E-state index contributed by atoms with van der Waals surface area (Å²) in [5, 5.41) is 6.68. The van der Waals surface area contributed by atoms with Gasteiger partial charge in [-0.3, -0.25) is 4.99 Å². The Kier molecular flexibility index (Phi) is 9.97. The number of nitrogens with zero attached hydrogens (tertiary/aromatic N) is 1. The van der Waals surface area contributed by atoms with E-state index in [9.17, 15) is 0 Å². The van der Waals surface area contributed by atoms with Crippen molar-refractivity contribution in [2.45, 2.75) is 33.5 Å². The van der Waals surface area contributed by atoms with Crippen molar-refractivity contribution in [1.82, 2.24) is 10.6 Å². The monoisotopic (exact) mass is 459 g/mol. The summed E-state index contributed by atoms with van der Waals surface area (Å²) in [4.78, 5) is 6.90. The van der Waals surface area contributed by atoms with Crippen LogP contribution in [0.15, 0.2) is 41.4 Å². The van der Waals surface area contributed by atoms with Crippen molar-refractivity contribution < 1.29 is 4.74 Å². The zero-order chi connectivity index (χ0) is 16.5. The van der Waals surface area contributed by atoms with E-state index in [1.165, 1.54) is 20.9 Å². The molecule has 1 aromatic carbocycles. The van der Waals surface area contributed by atoms with E-state index in [0.29, 0.717) is 6.61 Å². The van der Waals surface area contributed by atoms with Crippen LogP contribution in [0.1, 0.15) is 27.8 Å². The molecule has 0 fully saturated rings. The van der Waals surface area contributed by atoms with Crippen molar-refractivity contribution in [1.29, 1.82) is 0 Å². The molecule has 0 spiro atoms. The molecular weight excluding hydrogens is 433 g/mol. The van der Waals surface area contributed by atoms with Gasteiger partial charge in [0.1, 0.15) is 0 Å². The number of hydrogen-bond donors (Lipinski definition) is 2. The van der Waals surface area contributed by atoms with Crippen LogP contribution in [-0.4, -0.2) is 19.6 Å². The Bertz CT molecular complexity index is 625. The minimum absolute atomic E-state index is 0. The number of rotatable bonds is 7. The third-order valence-electron chi connectivity index (χ3n) is 3.41. The van der Waals surface area contributed by atoms with Crippen molar-refractivity contribution in [2.24, 2.45) is 4.99 Å². The predicted molar refractivity (Wildman–Crippen MR) is 113 cm³/mol. The first kappa shape index (κ1) is 20.9. The first-order valence-corrected chi connectivity index (χ1v) is 8.68. The predicted octanol–water partition coefficient (Wildman–Crippen LogP) is 4.08. The van der Waals surface area contributed by atoms with Gasteiger partial charge in [-0.25, -0.2) is 0 Å². The maximum absolute atomic E-state index is 5.41. The molecule has 1 heterocycles. The molecule has 0 aliphatic carbocycles. The van der Waals surface area contributed by atoms with Gasteiger partial charge in [-0.2, -0.15) is 0 Å². The third kappa shape index (κ3) is 7.19. The number of thiophene rings is 1. The van der Waals surface area contributed by atoms with Crippen molar-refractivity contribution in [3.8, 4) is 0 Å². The quantitative estimate of drug-likeness (QED) is 0.373. The highest BCUT2D eigenvalue weighted by Crippen LogP contribution is 2.14. The Morgan fingerprint density at radius 2 is 1.71 bits per heavy atom. The lowest BCUT2D eigenvalue weighted by atomic mass is 10.1. The fraction of sp³-hybridized carbons (Fsp3) is 0.389. The number of halogens is 1. The first-order chi connectivity index (χ1) is 11.2. The number of benzene rings is 1. The summed E-state index contributed by atoms with van der Waals surface area (Å²) >= 11 is 1.81. The molecule has 1 aromatic heterocycles. The van der Waals surface area contributed by atoms with Gasteiger partial charge in [0.25, 0.3) is 0 Å². The van der Waals surface area contributed by atoms with E-state index in [1.54, 1.807) is 18.4 Å². The molecule has 0 atom stereocenters. The number of guanidine groups is 1. The highest BCUT2D eigenvalue weighted by atomic mass is 127. The van der Waals surface area contributed by atoms with E-state index >= 15 is 0 Å². The van der Waals surface area contributed by atoms with Crippen LogP contribution in [0.4, 0.5) is 0 Å². The maximum Gasteiger partial charge on any atom is 0.191 e. The summed E-state index contributed by atoms with van der Waals surface area (Å²) < 4.78 is 5.41. The molecule has 0 bridgehead atoms. The number of nitrogens with one attached hydrogen (secondary N) is 2. The minimum atomic E-state index is 0. The largest absolute Gasteiger partial charge is 0.377 e. The van der Waals surface area contributed by atoms with Crippen LogP contribution in [0.25, 0.3) is 0 Å². The minimum Gasteiger partial charge on any atom is -0.377 e. The number of aryl methyl sites for hydroxylation is 1. The average Bonchev–Trinajstić information content (AvgIpc) is 2.99. The molecule has 0 saturated carbocycles. The molecule has 2 aromatic rings. The Balaban J connectivity index is 0.00000288. The highest BCUT2D eigenvalue weighted by Gasteiger charge is 2.01. The lowest BCUT2D eigenvalue weighted by molar-refractivity contribution is 0.134. The van der Waals surface area contributed by atoms with Crippen LogP contribution in [0.3, 0.4) is 0 Å². The van der Waals surface area contributed by atoms with Gasteiger partial charge in [0, 0.05) is 30.0 Å². The zero-order valence-electron chi connectivity index (χ0n) is 14.5. The van der Waals surface area contributed by atoms with Gasteiger partial charge in [0.2, 0.25) is 0 Å². The van der Waals surface area contributed by atoms with Crippen LogP contribution < -0.4 is 10.6 Å². The van der Waals surface area contributed by atoms with E-state index < -0.39 is 0 Å². The number of hydrogen-bond acceptors (Lipinski definition) is 3. The van der Waals surface area contributed by atoms with E-state index in [1.807, 2.05) is 6.92 Å². The molecule has 2 rings (SSSR count). The van der Waals surface area contributed by atoms with Crippen LogP contribution in [0, 0.1) is 6.92 Å². The molecule has 2 N–H and O–H groups in total. The van der Waals surface area contributed by atoms with E-state index in [-0.39, 0.29) is 24.0 Å². The van der Waals surface area contributed by atoms with Crippen LogP contribution in [0.2, 0.25) is 0 Å². The molecule has 24 heavy (non-hydrogen) atoms. The molecular formula is C18H26IN3OS. The van der Waals surface area contributed by atoms with Crippen molar-refractivity contribution in [3.63, 3.8) is 0 Å². The smallest absolute Gasteiger partial charge is 0.191 e. The fourth-order valence-electron chi connectivity index (χ4n) is 2.13. The summed E-state index contributed by atoms with van der Waals surface area (Å²) in [6.07, 6.45) is 0. The molecule has 0 aliphatic rings. The van der Waals surface area contributed by atoms with Crippen molar-refractivity contribution >= 4 is 41.3 Å². The van der Waals surface area contributed by atoms with Gasteiger partial charge in [0.05, 0.1) is 13.2 Å². The lowest BCUT2D eigenvalue weighted by Gasteiger charge is -2.11. The summed E-state index contributed by atoms with van der Waals surface area (Å²) in [7, 11) is 1.79. The molecule has 0 radical (unpaired) electrons. The van der Waals surface area contributed by atoms with Gasteiger partial charge in [0.15, 0.2) is 5.96 Å². The second-order valence-electron chi connectivity index (χ2n) is 5.25. The summed E-state index contributed by atoms with van der Waals surface area (Å²) in [5.41, 5.74) is 2.42. The third-order valence-corrected chi connectivity index (χ3v) is 4.41. The van der Waals surface area contributed by atoms with Crippen LogP contribution >= 0.6 is 35.3 Å². The maximum atomic E-state index is 5.41. The normalized spacial score (nSPS) is 11.0. The Morgan fingerprint density at radius 3 is 2.29 bits per heavy atom. The van der Waals surface area contributed by atoms with Crippen LogP contribution in [0.5, 0.6) is 0 Å². The topological polar surface area (TPSA) is 45.6 Å². The molecule has 0 saturated heterocycles. The SMILES string of the molecule is CCOCc1ccc(CNC(=NC)NCc2ccc(C)s2)cc1.I. The van der Waals surface area contributed by atoms with Gasteiger partial charge >= 0.3 is 0 Å². The van der Waals surface area contributed by atoms with Gasteiger partial charge in [-0.15, -0.1) is 35.3 Å². The van der Waals surface area contributed by atoms with Gasteiger partial charge in [-0.05, 0) is 37.1 Å². The number of ether oxygens (including phenoxy) is 1. The molecule has 0 unspecified atom stereocenters. The van der Waals surface area contributed by atoms with Gasteiger partial charge in [-0.1, -0.05) is 24.3 Å². The highest BCUT2D eigenvalue weighted by molar-refractivity contribution is 14.0. The molecule has 0 aliphatic heterocycles. The fourth-order valence-corrected chi connectivity index (χ4v) is 2.96. The lowest BCUT2D eigenvalue weighted by Crippen LogP contribution is -2.36. The summed E-state index contributed by atoms with van der Waals surface area (Å²) in [6.45, 7) is 7.09. The van der Waals surface area contributed by atoms with E-state index in [4.69, 9.17) is 4.74 Å². The summed E-state index contributed by atoms with van der Waals surface area (Å²) in [5.74, 6) is 0.814. The van der Waals surface area contributed by atoms with Gasteiger partial charge < -0.3 is 15.4 Å². The van der Waals surface area contributed by atoms with E-state index in [0.717, 1.165) is 25.7 Å².